The van der Waals surface area contributed by atoms with E-state index in [-0.39, 0.29) is 17.9 Å². The van der Waals surface area contributed by atoms with Gasteiger partial charge in [0.1, 0.15) is 5.75 Å². The molecule has 1 N–H and O–H groups in total. The lowest BCUT2D eigenvalue weighted by Gasteiger charge is -2.26. The average Bonchev–Trinajstić information content (AvgIpc) is 3.00. The number of amides is 1. The second-order valence-corrected chi connectivity index (χ2v) is 11.6. The number of benzene rings is 2. The molecule has 33 heavy (non-hydrogen) atoms. The lowest BCUT2D eigenvalue weighted by molar-refractivity contribution is -0.122. The van der Waals surface area contributed by atoms with E-state index in [0.29, 0.717) is 43.4 Å². The molecule has 0 aromatic heterocycles. The van der Waals surface area contributed by atoms with Crippen LogP contribution in [0.25, 0.3) is 0 Å². The van der Waals surface area contributed by atoms with Crippen LogP contribution in [0, 0.1) is 0 Å². The third kappa shape index (κ3) is 5.13. The molecule has 4 rings (SSSR count). The topological polar surface area (TPSA) is 122 Å². The number of para-hydroxylation sites is 2. The Morgan fingerprint density at radius 1 is 0.970 bits per heavy atom. The van der Waals surface area contributed by atoms with Gasteiger partial charge in [0.2, 0.25) is 20.0 Å². The first-order chi connectivity index (χ1) is 15.7. The summed E-state index contributed by atoms with van der Waals surface area (Å²) >= 11 is 0. The van der Waals surface area contributed by atoms with Gasteiger partial charge in [0.05, 0.1) is 30.1 Å². The van der Waals surface area contributed by atoms with E-state index in [1.54, 1.807) is 24.3 Å². The highest BCUT2D eigenvalue weighted by atomic mass is 32.2. The number of carbonyl (C=O) groups is 1. The summed E-state index contributed by atoms with van der Waals surface area (Å²) in [4.78, 5) is 13.0. The predicted molar refractivity (Wildman–Crippen MR) is 122 cm³/mol. The van der Waals surface area contributed by atoms with E-state index in [1.807, 2.05) is 0 Å². The Labute approximate surface area is 193 Å². The number of hydrogen-bond acceptors (Lipinski definition) is 7. The third-order valence-electron chi connectivity index (χ3n) is 5.42. The van der Waals surface area contributed by atoms with Crippen LogP contribution in [0.2, 0.25) is 0 Å². The van der Waals surface area contributed by atoms with Crippen LogP contribution in [0.1, 0.15) is 6.42 Å². The van der Waals surface area contributed by atoms with Crippen LogP contribution in [-0.2, 0) is 29.6 Å². The fraction of sp³-hybridized carbons (Fsp3) is 0.381. The lowest BCUT2D eigenvalue weighted by Crippen LogP contribution is -2.40. The molecule has 2 aromatic rings. The summed E-state index contributed by atoms with van der Waals surface area (Å²) in [6.45, 7) is 1.39. The van der Waals surface area contributed by atoms with Crippen LogP contribution in [0.4, 0.5) is 11.4 Å². The van der Waals surface area contributed by atoms with Crippen molar-refractivity contribution in [1.29, 1.82) is 0 Å². The fourth-order valence-electron chi connectivity index (χ4n) is 3.73. The van der Waals surface area contributed by atoms with Crippen molar-refractivity contribution < 1.29 is 31.1 Å². The van der Waals surface area contributed by atoms with Gasteiger partial charge in [-0.25, -0.2) is 16.8 Å². The number of anilines is 2. The molecule has 1 fully saturated rings. The Balaban J connectivity index is 1.47. The first kappa shape index (κ1) is 23.5. The van der Waals surface area contributed by atoms with E-state index in [1.165, 1.54) is 32.9 Å². The van der Waals surface area contributed by atoms with Gasteiger partial charge in [-0.15, -0.1) is 0 Å². The average molecular weight is 496 g/mol. The van der Waals surface area contributed by atoms with E-state index in [0.717, 1.165) is 6.26 Å². The van der Waals surface area contributed by atoms with Crippen molar-refractivity contribution >= 4 is 37.3 Å². The normalized spacial score (nSPS) is 19.8. The third-order valence-corrected chi connectivity index (χ3v) is 8.51. The first-order valence-electron chi connectivity index (χ1n) is 10.4. The zero-order chi connectivity index (χ0) is 23.6. The molecule has 2 aliphatic rings. The highest BCUT2D eigenvalue weighted by Crippen LogP contribution is 2.34. The zero-order valence-electron chi connectivity index (χ0n) is 18.0. The Morgan fingerprint density at radius 3 is 2.30 bits per heavy atom. The van der Waals surface area contributed by atoms with Gasteiger partial charge in [0.25, 0.3) is 5.91 Å². The first-order valence-corrected chi connectivity index (χ1v) is 13.7. The summed E-state index contributed by atoms with van der Waals surface area (Å²) in [6.07, 6.45) is 0.336. The van der Waals surface area contributed by atoms with E-state index < -0.39 is 32.1 Å². The lowest BCUT2D eigenvalue weighted by atomic mass is 10.2. The molecule has 2 aliphatic heterocycles. The largest absolute Gasteiger partial charge is 0.478 e. The van der Waals surface area contributed by atoms with Crippen molar-refractivity contribution in [1.82, 2.24) is 4.31 Å². The second kappa shape index (κ2) is 9.29. The summed E-state index contributed by atoms with van der Waals surface area (Å²) in [7, 11) is -7.18. The minimum atomic E-state index is -3.63. The molecule has 2 heterocycles. The smallest absolute Gasteiger partial charge is 0.265 e. The van der Waals surface area contributed by atoms with Crippen LogP contribution in [0.5, 0.6) is 5.75 Å². The molecule has 0 aliphatic carbocycles. The Bertz CT molecular complexity index is 1220. The van der Waals surface area contributed by atoms with Gasteiger partial charge < -0.3 is 14.8 Å². The van der Waals surface area contributed by atoms with Crippen molar-refractivity contribution in [3.05, 3.63) is 48.5 Å². The maximum absolute atomic E-state index is 12.9. The van der Waals surface area contributed by atoms with Gasteiger partial charge in [-0.2, -0.15) is 4.31 Å². The van der Waals surface area contributed by atoms with E-state index in [4.69, 9.17) is 9.47 Å². The molecule has 12 heteroatoms. The Hall–Kier alpha value is -2.67. The minimum Gasteiger partial charge on any atom is -0.478 e. The molecule has 0 spiro atoms. The standard InChI is InChI=1S/C21H25N3O7S2/c1-32(26,27)24-11-10-20(31-19-5-3-2-4-18(19)24)21(25)22-16-6-8-17(9-7-16)33(28,29)23-12-14-30-15-13-23/h2-9,20H,10-15H2,1H3,(H,22,25). The number of rotatable bonds is 5. The number of sulfonamides is 2. The van der Waals surface area contributed by atoms with Gasteiger partial charge in [0, 0.05) is 31.7 Å². The molecular weight excluding hydrogens is 470 g/mol. The summed E-state index contributed by atoms with van der Waals surface area (Å²) in [6, 6.07) is 12.6. The number of ether oxygens (including phenoxy) is 2. The van der Waals surface area contributed by atoms with Gasteiger partial charge in [0.15, 0.2) is 6.10 Å². The molecule has 1 unspecified atom stereocenters. The molecule has 10 nitrogen and oxygen atoms in total. The molecular formula is C21H25N3O7S2. The monoisotopic (exact) mass is 495 g/mol. The number of nitrogens with zero attached hydrogens (tertiary/aromatic N) is 2. The Kier molecular flexibility index (Phi) is 6.61. The van der Waals surface area contributed by atoms with Crippen molar-refractivity contribution in [3.8, 4) is 5.75 Å². The summed E-state index contributed by atoms with van der Waals surface area (Å²) < 4.78 is 63.5. The van der Waals surface area contributed by atoms with Crippen LogP contribution in [-0.4, -0.2) is 72.3 Å². The van der Waals surface area contributed by atoms with Crippen molar-refractivity contribution in [2.75, 3.05) is 48.7 Å². The predicted octanol–water partition coefficient (Wildman–Crippen LogP) is 1.26. The van der Waals surface area contributed by atoms with Gasteiger partial charge in [-0.05, 0) is 36.4 Å². The molecule has 2 aromatic carbocycles. The summed E-state index contributed by atoms with van der Waals surface area (Å²) in [5.41, 5.74) is 0.787. The van der Waals surface area contributed by atoms with Crippen molar-refractivity contribution in [3.63, 3.8) is 0 Å². The highest BCUT2D eigenvalue weighted by molar-refractivity contribution is 7.92. The van der Waals surface area contributed by atoms with Crippen LogP contribution in [0.3, 0.4) is 0 Å². The minimum absolute atomic E-state index is 0.0880. The number of hydrogen-bond donors (Lipinski definition) is 1. The van der Waals surface area contributed by atoms with Gasteiger partial charge >= 0.3 is 0 Å². The zero-order valence-corrected chi connectivity index (χ0v) is 19.6. The van der Waals surface area contributed by atoms with E-state index >= 15 is 0 Å². The van der Waals surface area contributed by atoms with Crippen molar-refractivity contribution in [2.24, 2.45) is 0 Å². The molecule has 0 radical (unpaired) electrons. The maximum atomic E-state index is 12.9. The highest BCUT2D eigenvalue weighted by Gasteiger charge is 2.31. The van der Waals surface area contributed by atoms with Crippen LogP contribution < -0.4 is 14.4 Å². The molecule has 0 saturated carbocycles. The summed E-state index contributed by atoms with van der Waals surface area (Å²) in [5.74, 6) is -0.156. The molecule has 1 saturated heterocycles. The quantitative estimate of drug-likeness (QED) is 0.663. The maximum Gasteiger partial charge on any atom is 0.265 e. The second-order valence-electron chi connectivity index (χ2n) is 7.73. The SMILES string of the molecule is CS(=O)(=O)N1CCC(C(=O)Nc2ccc(S(=O)(=O)N3CCOCC3)cc2)Oc2ccccc21. The van der Waals surface area contributed by atoms with Crippen LogP contribution >= 0.6 is 0 Å². The Morgan fingerprint density at radius 2 is 1.64 bits per heavy atom. The van der Waals surface area contributed by atoms with Crippen LogP contribution in [0.15, 0.2) is 53.4 Å². The fourth-order valence-corrected chi connectivity index (χ4v) is 6.08. The van der Waals surface area contributed by atoms with Gasteiger partial charge in [-0.3, -0.25) is 9.10 Å². The molecule has 1 amide bonds. The number of morpholine rings is 1. The van der Waals surface area contributed by atoms with E-state index in [9.17, 15) is 21.6 Å². The number of carbonyl (C=O) groups excluding carboxylic acids is 1. The number of nitrogens with one attached hydrogen (secondary N) is 1. The number of fused-ring (bicyclic) bond motifs is 1. The van der Waals surface area contributed by atoms with E-state index in [2.05, 4.69) is 5.32 Å². The molecule has 178 valence electrons. The van der Waals surface area contributed by atoms with Crippen molar-refractivity contribution in [2.45, 2.75) is 17.4 Å². The molecule has 0 bridgehead atoms. The molecule has 1 atom stereocenters. The van der Waals surface area contributed by atoms with Gasteiger partial charge in [-0.1, -0.05) is 12.1 Å². The summed E-state index contributed by atoms with van der Waals surface area (Å²) in [5, 5.41) is 2.72.